The first-order valence-electron chi connectivity index (χ1n) is 41.9. The van der Waals surface area contributed by atoms with Gasteiger partial charge >= 0.3 is 0 Å². The van der Waals surface area contributed by atoms with Crippen molar-refractivity contribution >= 4 is 5.91 Å². The maximum atomic E-state index is 13.7. The van der Waals surface area contributed by atoms with E-state index in [1.54, 1.807) is 0 Å². The molecule has 33 unspecified atom stereocenters. The summed E-state index contributed by atoms with van der Waals surface area (Å²) in [5.41, 5.74) is 0. The van der Waals surface area contributed by atoms with E-state index in [9.17, 15) is 112 Å². The third-order valence-electron chi connectivity index (χ3n) is 22.5. The van der Waals surface area contributed by atoms with E-state index in [4.69, 9.17) is 56.8 Å². The van der Waals surface area contributed by atoms with Crippen LogP contribution in [0, 0.1) is 0 Å². The van der Waals surface area contributed by atoms with Crippen molar-refractivity contribution in [3.05, 3.63) is 0 Å². The zero-order chi connectivity index (χ0) is 81.8. The highest BCUT2D eigenvalue weighted by molar-refractivity contribution is 5.80. The second-order valence-electron chi connectivity index (χ2n) is 31.5. The fourth-order valence-electron chi connectivity index (χ4n) is 15.3. The Balaban J connectivity index is 1.08. The summed E-state index contributed by atoms with van der Waals surface area (Å²) in [6, 6.07) is -1.43. The van der Waals surface area contributed by atoms with Crippen molar-refractivity contribution in [1.29, 1.82) is 0 Å². The minimum atomic E-state index is -2.30. The van der Waals surface area contributed by atoms with Crippen LogP contribution in [0.15, 0.2) is 0 Å². The Kier molecular flexibility index (Phi) is 47.5. The molecule has 0 aliphatic carbocycles. The van der Waals surface area contributed by atoms with Crippen LogP contribution in [-0.2, 0) is 61.6 Å². The minimum Gasteiger partial charge on any atom is -0.394 e. The Hall–Kier alpha value is -1.85. The molecule has 22 N–H and O–H groups in total. The lowest BCUT2D eigenvalue weighted by Gasteiger charge is -2.46. The van der Waals surface area contributed by atoms with Crippen LogP contribution in [0.4, 0.5) is 0 Å². The monoisotopic (exact) mass is 1630 g/mol. The first kappa shape index (κ1) is 99.0. The molecule has 0 aromatic rings. The van der Waals surface area contributed by atoms with Crippen LogP contribution in [0.25, 0.3) is 0 Å². The predicted octanol–water partition coefficient (Wildman–Crippen LogP) is -1.57. The zero-order valence-corrected chi connectivity index (χ0v) is 65.7. The molecule has 660 valence electrons. The molecule has 0 saturated carbocycles. The molecule has 1 amide bonds. The van der Waals surface area contributed by atoms with E-state index in [0.717, 1.165) is 64.2 Å². The number of carbonyl (C=O) groups excluding carboxylic acids is 1. The summed E-state index contributed by atoms with van der Waals surface area (Å²) < 4.78 is 70.6. The molecule has 6 aliphatic rings. The number of aliphatic hydroxyl groups is 21. The molecule has 0 radical (unpaired) electrons. The van der Waals surface area contributed by atoms with Crippen LogP contribution in [-0.4, -0.2) is 362 Å². The number of aliphatic hydroxyl groups excluding tert-OH is 21. The minimum absolute atomic E-state index is 0.109. The highest BCUT2D eigenvalue weighted by Gasteiger charge is 2.60. The Labute approximate surface area is 658 Å². The van der Waals surface area contributed by atoms with Gasteiger partial charge in [0.15, 0.2) is 37.7 Å². The molecule has 6 fully saturated rings. The number of unbranched alkanes of at least 4 members (excludes halogenated alkanes) is 30. The Morgan fingerprint density at radius 3 is 1.22 bits per heavy atom. The summed E-state index contributed by atoms with van der Waals surface area (Å²) in [6.07, 6.45) is -24.2. The third-order valence-corrected chi connectivity index (χ3v) is 22.5. The van der Waals surface area contributed by atoms with Crippen LogP contribution in [0.5, 0.6) is 0 Å². The van der Waals surface area contributed by atoms with Gasteiger partial charge in [-0.15, -0.1) is 0 Å². The predicted molar refractivity (Wildman–Crippen MR) is 395 cm³/mol. The van der Waals surface area contributed by atoms with Crippen molar-refractivity contribution in [3.8, 4) is 0 Å². The van der Waals surface area contributed by atoms with E-state index in [1.807, 2.05) is 0 Å². The number of ether oxygens (including phenoxy) is 12. The Morgan fingerprint density at radius 1 is 0.366 bits per heavy atom. The molecule has 0 bridgehead atoms. The van der Waals surface area contributed by atoms with Gasteiger partial charge in [-0.05, 0) is 12.8 Å². The first-order valence-corrected chi connectivity index (χ1v) is 41.9. The molecular weight excluding hydrogens is 1480 g/mol. The summed E-state index contributed by atoms with van der Waals surface area (Å²) in [6.45, 7) is -1.84. The fraction of sp³-hybridized carbons (Fsp3) is 0.987. The fourth-order valence-corrected chi connectivity index (χ4v) is 15.3. The average molecular weight is 1630 g/mol. The molecule has 35 heteroatoms. The standard InChI is InChI=1S/C77H143NO34/c1-3-5-7-9-11-13-15-17-18-19-20-21-22-23-24-26-28-30-32-34-36-46(84)71(100)78-44(53(89)45(83)35-33-31-29-27-25-16-14-12-10-8-6-4-2)41-101-72-60(96)57(93)55(91)52(105-72)43-103-76-68(54(90)50(88)42-102-76)110-75-63(99)67(56(92)51(40-82)104-75)109-77-70(112-74-62(98)59(95)65(107-74)48(86)38-80)69(66(108-77)49(87)39-81)111-73-61(97)58(94)64(106-73)47(85)37-79/h44-70,72-77,79-99H,3-43H2,1-2H3,(H,78,100). The molecule has 6 saturated heterocycles. The van der Waals surface area contributed by atoms with Crippen LogP contribution in [0.1, 0.15) is 232 Å². The quantitative estimate of drug-likeness (QED) is 0.0306. The molecule has 6 rings (SSSR count). The molecule has 35 nitrogen and oxygen atoms in total. The zero-order valence-electron chi connectivity index (χ0n) is 65.7. The summed E-state index contributed by atoms with van der Waals surface area (Å²) in [7, 11) is 0. The molecule has 6 heterocycles. The van der Waals surface area contributed by atoms with Gasteiger partial charge in [0.05, 0.1) is 58.4 Å². The molecule has 112 heavy (non-hydrogen) atoms. The Morgan fingerprint density at radius 2 is 0.759 bits per heavy atom. The maximum absolute atomic E-state index is 13.7. The first-order chi connectivity index (χ1) is 53.9. The van der Waals surface area contributed by atoms with Gasteiger partial charge in [0.2, 0.25) is 5.91 Å². The van der Waals surface area contributed by atoms with Crippen molar-refractivity contribution in [2.75, 3.05) is 46.2 Å². The van der Waals surface area contributed by atoms with Crippen molar-refractivity contribution in [2.24, 2.45) is 0 Å². The molecule has 0 spiro atoms. The largest absolute Gasteiger partial charge is 0.394 e. The lowest BCUT2D eigenvalue weighted by atomic mass is 9.98. The van der Waals surface area contributed by atoms with Crippen LogP contribution >= 0.6 is 0 Å². The van der Waals surface area contributed by atoms with Gasteiger partial charge in [-0.1, -0.05) is 219 Å². The molecular formula is C77H143NO34. The van der Waals surface area contributed by atoms with E-state index in [-0.39, 0.29) is 12.8 Å². The lowest BCUT2D eigenvalue weighted by molar-refractivity contribution is -0.374. The van der Waals surface area contributed by atoms with Gasteiger partial charge < -0.3 is 169 Å². The van der Waals surface area contributed by atoms with Crippen LogP contribution in [0.3, 0.4) is 0 Å². The van der Waals surface area contributed by atoms with E-state index < -0.39 is 255 Å². The van der Waals surface area contributed by atoms with Crippen molar-refractivity contribution < 1.29 is 169 Å². The van der Waals surface area contributed by atoms with E-state index >= 15 is 0 Å². The summed E-state index contributed by atoms with van der Waals surface area (Å²) in [5.74, 6) is -0.856. The van der Waals surface area contributed by atoms with Crippen LogP contribution in [0.2, 0.25) is 0 Å². The van der Waals surface area contributed by atoms with Crippen LogP contribution < -0.4 is 5.32 Å². The number of nitrogens with one attached hydrogen (secondary N) is 1. The SMILES string of the molecule is CCCCCCCCCCCCCCCCCCCCCCC(O)C(=O)NC(COC1OC(COC2OCC(O)C(O)C2OC2OC(CO)C(O)C(OC3OC(C(O)CO)C(OC4OC(C(O)CO)C(O)C4O)C3OC3OC(C(O)CO)C(O)C3O)C2O)C(O)C(O)C1O)C(O)C(O)CCCCCCCCCCCCCC. The van der Waals surface area contributed by atoms with E-state index in [1.165, 1.54) is 128 Å². The van der Waals surface area contributed by atoms with E-state index in [2.05, 4.69) is 19.2 Å². The van der Waals surface area contributed by atoms with Crippen molar-refractivity contribution in [3.63, 3.8) is 0 Å². The van der Waals surface area contributed by atoms with Gasteiger partial charge in [0.1, 0.15) is 153 Å². The van der Waals surface area contributed by atoms with Crippen molar-refractivity contribution in [2.45, 2.75) is 435 Å². The summed E-state index contributed by atoms with van der Waals surface area (Å²) in [5, 5.41) is 233. The lowest BCUT2D eigenvalue weighted by Crippen LogP contribution is -2.64. The topological polar surface area (TPSA) is 565 Å². The maximum Gasteiger partial charge on any atom is 0.249 e. The second-order valence-corrected chi connectivity index (χ2v) is 31.5. The van der Waals surface area contributed by atoms with Gasteiger partial charge in [-0.3, -0.25) is 4.79 Å². The molecule has 6 aliphatic heterocycles. The highest BCUT2D eigenvalue weighted by Crippen LogP contribution is 2.40. The highest BCUT2D eigenvalue weighted by atomic mass is 16.8. The number of amides is 1. The molecule has 0 aromatic carbocycles. The van der Waals surface area contributed by atoms with Gasteiger partial charge in [0.25, 0.3) is 0 Å². The average Bonchev–Trinajstić information content (AvgIpc) is 1.60. The third kappa shape index (κ3) is 30.7. The molecule has 0 aromatic heterocycles. The van der Waals surface area contributed by atoms with Gasteiger partial charge in [-0.25, -0.2) is 0 Å². The smallest absolute Gasteiger partial charge is 0.249 e. The van der Waals surface area contributed by atoms with E-state index in [0.29, 0.717) is 12.8 Å². The van der Waals surface area contributed by atoms with Gasteiger partial charge in [-0.2, -0.15) is 0 Å². The van der Waals surface area contributed by atoms with Crippen molar-refractivity contribution in [1.82, 2.24) is 5.32 Å². The number of hydrogen-bond acceptors (Lipinski definition) is 34. The summed E-state index contributed by atoms with van der Waals surface area (Å²) in [4.78, 5) is 13.7. The summed E-state index contributed by atoms with van der Waals surface area (Å²) >= 11 is 0. The second kappa shape index (κ2) is 53.7. The normalized spacial score (nSPS) is 35.7. The Bertz CT molecular complexity index is 2430. The number of carbonyl (C=O) groups is 1. The van der Waals surface area contributed by atoms with Gasteiger partial charge in [0, 0.05) is 0 Å². The number of hydrogen-bond donors (Lipinski definition) is 22. The number of rotatable bonds is 59. The molecule has 33 atom stereocenters.